The second-order valence-corrected chi connectivity index (χ2v) is 6.09. The van der Waals surface area contributed by atoms with Crippen molar-refractivity contribution in [3.63, 3.8) is 0 Å². The molecule has 4 aromatic rings. The van der Waals surface area contributed by atoms with E-state index in [4.69, 9.17) is 4.98 Å². The van der Waals surface area contributed by atoms with Gasteiger partial charge in [0.25, 0.3) is 0 Å². The fourth-order valence-electron chi connectivity index (χ4n) is 2.76. The van der Waals surface area contributed by atoms with Gasteiger partial charge in [0.15, 0.2) is 5.82 Å². The zero-order valence-electron chi connectivity index (χ0n) is 14.5. The van der Waals surface area contributed by atoms with Gasteiger partial charge in [-0.15, -0.1) is 0 Å². The Morgan fingerprint density at radius 1 is 0.815 bits per heavy atom. The topological polar surface area (TPSA) is 50.2 Å². The first kappa shape index (κ1) is 16.8. The van der Waals surface area contributed by atoms with Crippen LogP contribution in [0, 0.1) is 5.82 Å². The lowest BCUT2D eigenvalue weighted by atomic mass is 10.1. The van der Waals surface area contributed by atoms with Crippen LogP contribution >= 0.6 is 0 Å². The van der Waals surface area contributed by atoms with Crippen molar-refractivity contribution < 1.29 is 4.39 Å². The molecule has 4 nitrogen and oxygen atoms in total. The van der Waals surface area contributed by atoms with E-state index in [1.807, 2.05) is 42.5 Å². The van der Waals surface area contributed by atoms with E-state index in [2.05, 4.69) is 27.6 Å². The van der Waals surface area contributed by atoms with Crippen LogP contribution in [0.5, 0.6) is 0 Å². The second kappa shape index (κ2) is 7.74. The molecule has 4 rings (SSSR count). The summed E-state index contributed by atoms with van der Waals surface area (Å²) in [5, 5.41) is 4.25. The summed E-state index contributed by atoms with van der Waals surface area (Å²) >= 11 is 0. The molecule has 0 bridgehead atoms. The van der Waals surface area contributed by atoms with Crippen LogP contribution in [0.2, 0.25) is 0 Å². The van der Waals surface area contributed by atoms with Crippen molar-refractivity contribution in [2.45, 2.75) is 6.42 Å². The molecule has 1 N–H and O–H groups in total. The molecule has 0 saturated heterocycles. The maximum Gasteiger partial charge on any atom is 0.169 e. The van der Waals surface area contributed by atoms with E-state index in [0.29, 0.717) is 12.2 Å². The molecule has 0 saturated carbocycles. The molecule has 0 radical (unpaired) electrons. The highest BCUT2D eigenvalue weighted by molar-refractivity contribution is 5.80. The smallest absolute Gasteiger partial charge is 0.169 e. The van der Waals surface area contributed by atoms with Crippen molar-refractivity contribution in [1.82, 2.24) is 9.97 Å². The zero-order chi connectivity index (χ0) is 18.5. The minimum absolute atomic E-state index is 0.273. The predicted octanol–water partition coefficient (Wildman–Crippen LogP) is 4.81. The van der Waals surface area contributed by atoms with Gasteiger partial charge >= 0.3 is 0 Å². The van der Waals surface area contributed by atoms with Gasteiger partial charge in [-0.3, -0.25) is 5.43 Å². The summed E-state index contributed by atoms with van der Waals surface area (Å²) < 4.78 is 13.0. The average molecular weight is 356 g/mol. The fourth-order valence-corrected chi connectivity index (χ4v) is 2.76. The monoisotopic (exact) mass is 356 g/mol. The molecule has 1 aromatic heterocycles. The van der Waals surface area contributed by atoms with E-state index in [9.17, 15) is 4.39 Å². The van der Waals surface area contributed by atoms with Crippen molar-refractivity contribution in [2.75, 3.05) is 5.43 Å². The summed E-state index contributed by atoms with van der Waals surface area (Å²) in [5.74, 6) is 0.335. The molecule has 0 fully saturated rings. The van der Waals surface area contributed by atoms with Crippen molar-refractivity contribution in [3.8, 4) is 0 Å². The molecule has 27 heavy (non-hydrogen) atoms. The summed E-state index contributed by atoms with van der Waals surface area (Å²) in [7, 11) is 0. The molecule has 0 spiro atoms. The van der Waals surface area contributed by atoms with Gasteiger partial charge < -0.3 is 0 Å². The number of rotatable bonds is 5. The van der Waals surface area contributed by atoms with Gasteiger partial charge in [0.2, 0.25) is 0 Å². The molecular weight excluding hydrogens is 339 g/mol. The summed E-state index contributed by atoms with van der Waals surface area (Å²) in [5.41, 5.74) is 7.39. The summed E-state index contributed by atoms with van der Waals surface area (Å²) in [4.78, 5) is 9.43. The van der Waals surface area contributed by atoms with Crippen LogP contribution in [0.4, 0.5) is 10.2 Å². The molecular formula is C22H17FN4. The Balaban J connectivity index is 1.64. The zero-order valence-corrected chi connectivity index (χ0v) is 14.5. The maximum absolute atomic E-state index is 13.0. The Morgan fingerprint density at radius 2 is 1.48 bits per heavy atom. The molecule has 0 aliphatic rings. The lowest BCUT2D eigenvalue weighted by molar-refractivity contribution is 0.628. The van der Waals surface area contributed by atoms with Crippen molar-refractivity contribution in [1.29, 1.82) is 0 Å². The Morgan fingerprint density at radius 3 is 2.22 bits per heavy atom. The Kier molecular flexibility index (Phi) is 4.83. The van der Waals surface area contributed by atoms with Gasteiger partial charge in [0.1, 0.15) is 5.82 Å². The van der Waals surface area contributed by atoms with Crippen molar-refractivity contribution in [2.24, 2.45) is 5.10 Å². The molecule has 1 heterocycles. The molecule has 5 heteroatoms. The first-order valence-electron chi connectivity index (χ1n) is 8.62. The molecule has 0 unspecified atom stereocenters. The Labute approximate surface area is 156 Å². The highest BCUT2D eigenvalue weighted by Gasteiger charge is 2.09. The Bertz CT molecular complexity index is 1080. The normalized spacial score (nSPS) is 11.1. The third kappa shape index (κ3) is 4.15. The highest BCUT2D eigenvalue weighted by Crippen LogP contribution is 2.20. The predicted molar refractivity (Wildman–Crippen MR) is 106 cm³/mol. The van der Waals surface area contributed by atoms with E-state index in [-0.39, 0.29) is 5.82 Å². The highest BCUT2D eigenvalue weighted by atomic mass is 19.1. The minimum atomic E-state index is -0.273. The largest absolute Gasteiger partial charge is 0.260 e. The fraction of sp³-hybridized carbons (Fsp3) is 0.0455. The lowest BCUT2D eigenvalue weighted by Gasteiger charge is -2.09. The van der Waals surface area contributed by atoms with Gasteiger partial charge in [-0.1, -0.05) is 54.6 Å². The Hall–Kier alpha value is -3.60. The maximum atomic E-state index is 13.0. The van der Waals surface area contributed by atoms with E-state index in [0.717, 1.165) is 27.9 Å². The van der Waals surface area contributed by atoms with Gasteiger partial charge in [-0.25, -0.2) is 14.4 Å². The number of fused-ring (bicyclic) bond motifs is 1. The summed E-state index contributed by atoms with van der Waals surface area (Å²) in [6.07, 6.45) is 2.27. The number of nitrogens with zero attached hydrogens (tertiary/aromatic N) is 3. The van der Waals surface area contributed by atoms with Gasteiger partial charge in [0.05, 0.1) is 22.9 Å². The van der Waals surface area contributed by atoms with Crippen molar-refractivity contribution in [3.05, 3.63) is 102 Å². The summed E-state index contributed by atoms with van der Waals surface area (Å²) in [6, 6.07) is 24.0. The quantitative estimate of drug-likeness (QED) is 0.412. The molecule has 132 valence electrons. The standard InChI is InChI=1S/C22H17FN4/c23-18-12-10-17(11-13-18)15-24-27-22-21(14-16-6-2-1-3-7-16)25-19-8-4-5-9-20(19)26-22/h1-13,15H,14H2,(H,26,27)/b24-15-. The first-order chi connectivity index (χ1) is 13.3. The number of nitrogens with one attached hydrogen (secondary N) is 1. The number of benzene rings is 3. The van der Waals surface area contributed by atoms with E-state index in [1.165, 1.54) is 12.1 Å². The van der Waals surface area contributed by atoms with Crippen LogP contribution in [-0.2, 0) is 6.42 Å². The van der Waals surface area contributed by atoms with Crippen LogP contribution in [0.15, 0.2) is 84.0 Å². The SMILES string of the molecule is Fc1ccc(/C=N\Nc2nc3ccccc3nc2Cc2ccccc2)cc1. The van der Waals surface area contributed by atoms with Gasteiger partial charge in [0, 0.05) is 6.42 Å². The van der Waals surface area contributed by atoms with Crippen LogP contribution in [0.3, 0.4) is 0 Å². The summed E-state index contributed by atoms with van der Waals surface area (Å²) in [6.45, 7) is 0. The molecule has 0 aliphatic heterocycles. The van der Waals surface area contributed by atoms with Crippen LogP contribution in [-0.4, -0.2) is 16.2 Å². The molecule has 0 atom stereocenters. The van der Waals surface area contributed by atoms with Gasteiger partial charge in [-0.2, -0.15) is 5.10 Å². The number of aromatic nitrogens is 2. The van der Waals surface area contributed by atoms with Crippen LogP contribution < -0.4 is 5.43 Å². The van der Waals surface area contributed by atoms with E-state index in [1.54, 1.807) is 18.3 Å². The number of anilines is 1. The van der Waals surface area contributed by atoms with E-state index >= 15 is 0 Å². The molecule has 0 aliphatic carbocycles. The average Bonchev–Trinajstić information content (AvgIpc) is 2.70. The molecule has 0 amide bonds. The number of hydrogen-bond donors (Lipinski definition) is 1. The van der Waals surface area contributed by atoms with Gasteiger partial charge in [-0.05, 0) is 35.4 Å². The number of hydrogen-bond acceptors (Lipinski definition) is 4. The number of halogens is 1. The third-order valence-corrected chi connectivity index (χ3v) is 4.11. The van der Waals surface area contributed by atoms with E-state index < -0.39 is 0 Å². The lowest BCUT2D eigenvalue weighted by Crippen LogP contribution is -2.03. The number of para-hydroxylation sites is 2. The second-order valence-electron chi connectivity index (χ2n) is 6.09. The third-order valence-electron chi connectivity index (χ3n) is 4.11. The first-order valence-corrected chi connectivity index (χ1v) is 8.62. The van der Waals surface area contributed by atoms with Crippen LogP contribution in [0.1, 0.15) is 16.8 Å². The minimum Gasteiger partial charge on any atom is -0.260 e. The molecule has 3 aromatic carbocycles. The number of hydrazone groups is 1. The van der Waals surface area contributed by atoms with Crippen LogP contribution in [0.25, 0.3) is 11.0 Å². The van der Waals surface area contributed by atoms with Crippen molar-refractivity contribution >= 4 is 23.1 Å².